The molecule has 0 spiro atoms. The molecule has 2 aromatic carbocycles. The number of thioether (sulfide) groups is 1. The number of halogens is 2. The van der Waals surface area contributed by atoms with Crippen LogP contribution in [0.5, 0.6) is 0 Å². The van der Waals surface area contributed by atoms with Crippen LogP contribution in [-0.2, 0) is 25.6 Å². The average Bonchev–Trinajstić information content (AvgIpc) is 3.86. The number of para-hydroxylation sites is 2. The predicted molar refractivity (Wildman–Crippen MR) is 154 cm³/mol. The minimum atomic E-state index is -1.45. The Labute approximate surface area is 242 Å². The second kappa shape index (κ2) is 12.6. The summed E-state index contributed by atoms with van der Waals surface area (Å²) < 4.78 is 27.2. The van der Waals surface area contributed by atoms with E-state index in [2.05, 4.69) is 10.6 Å². The smallest absolute Gasteiger partial charge is 0.259 e. The fraction of sp³-hybridized carbons (Fsp3) is 0.467. The molecule has 0 bridgehead atoms. The summed E-state index contributed by atoms with van der Waals surface area (Å²) in [5.74, 6) is -2.65. The van der Waals surface area contributed by atoms with Crippen molar-refractivity contribution in [3.8, 4) is 0 Å². The molecule has 0 radical (unpaired) electrons. The van der Waals surface area contributed by atoms with Crippen LogP contribution < -0.4 is 20.4 Å². The number of rotatable bonds is 12. The number of anilines is 2. The van der Waals surface area contributed by atoms with Crippen LogP contribution in [0, 0.1) is 23.5 Å². The number of nitrogens with zero attached hydrogens (tertiary/aromatic N) is 2. The lowest BCUT2D eigenvalue weighted by atomic mass is 10.1. The summed E-state index contributed by atoms with van der Waals surface area (Å²) in [6, 6.07) is 7.69. The molecule has 0 unspecified atom stereocenters. The number of hydrogen-bond donors (Lipinski definition) is 2. The van der Waals surface area contributed by atoms with E-state index in [1.807, 2.05) is 30.5 Å². The van der Waals surface area contributed by atoms with E-state index in [0.29, 0.717) is 48.1 Å². The van der Waals surface area contributed by atoms with Crippen molar-refractivity contribution in [1.82, 2.24) is 10.6 Å². The van der Waals surface area contributed by atoms with Crippen LogP contribution in [-0.4, -0.2) is 60.8 Å². The number of hydrogen-bond acceptors (Lipinski definition) is 5. The van der Waals surface area contributed by atoms with Gasteiger partial charge >= 0.3 is 0 Å². The molecule has 11 heteroatoms. The number of carbonyl (C=O) groups excluding carboxylic acids is 4. The zero-order valence-corrected chi connectivity index (χ0v) is 23.7. The van der Waals surface area contributed by atoms with Crippen molar-refractivity contribution in [3.63, 3.8) is 0 Å². The Kier molecular flexibility index (Phi) is 8.91. The lowest BCUT2D eigenvalue weighted by molar-refractivity contribution is -0.135. The first-order chi connectivity index (χ1) is 19.7. The molecule has 4 amide bonds. The van der Waals surface area contributed by atoms with Gasteiger partial charge in [0.05, 0.1) is 17.8 Å². The molecule has 1 heterocycles. The molecule has 2 fully saturated rings. The van der Waals surface area contributed by atoms with Gasteiger partial charge in [-0.1, -0.05) is 12.1 Å². The van der Waals surface area contributed by atoms with Crippen LogP contribution in [0.15, 0.2) is 42.5 Å². The number of nitrogens with one attached hydrogen (secondary N) is 2. The van der Waals surface area contributed by atoms with Crippen LogP contribution in [0.3, 0.4) is 0 Å². The Morgan fingerprint density at radius 3 is 1.95 bits per heavy atom. The molecule has 8 nitrogen and oxygen atoms in total. The van der Waals surface area contributed by atoms with Crippen molar-refractivity contribution in [2.75, 3.05) is 34.9 Å². The average molecular weight is 585 g/mol. The van der Waals surface area contributed by atoms with Gasteiger partial charge in [-0.2, -0.15) is 11.8 Å². The van der Waals surface area contributed by atoms with Crippen molar-refractivity contribution < 1.29 is 28.0 Å². The zero-order chi connectivity index (χ0) is 29.1. The maximum absolute atomic E-state index is 13.9. The Morgan fingerprint density at radius 1 is 0.927 bits per heavy atom. The second-order valence-corrected chi connectivity index (χ2v) is 12.1. The fourth-order valence-electron chi connectivity index (χ4n) is 5.08. The molecule has 218 valence electrons. The van der Waals surface area contributed by atoms with Crippen molar-refractivity contribution >= 4 is 46.8 Å². The predicted octanol–water partition coefficient (Wildman–Crippen LogP) is 3.43. The molecule has 2 aliphatic carbocycles. The quantitative estimate of drug-likeness (QED) is 0.373. The molecular formula is C30H34F2N4O4S. The van der Waals surface area contributed by atoms with E-state index in [0.717, 1.165) is 37.8 Å². The van der Waals surface area contributed by atoms with Crippen LogP contribution in [0.2, 0.25) is 0 Å². The summed E-state index contributed by atoms with van der Waals surface area (Å²) >= 11 is 1.47. The minimum absolute atomic E-state index is 0.127. The van der Waals surface area contributed by atoms with Gasteiger partial charge in [-0.05, 0) is 85.8 Å². The SMILES string of the molecule is CSCC[C@H](NC(=O)Cc1cc(F)cc(F)c1)C(=O)NC1C(=O)N(CC2CC2)c2ccccc2N(CC2CC2)C1=O. The van der Waals surface area contributed by atoms with Crippen molar-refractivity contribution in [3.05, 3.63) is 59.7 Å². The van der Waals surface area contributed by atoms with Crippen LogP contribution in [0.1, 0.15) is 37.7 Å². The summed E-state index contributed by atoms with van der Waals surface area (Å²) in [5.41, 5.74) is 1.44. The fourth-order valence-corrected chi connectivity index (χ4v) is 5.56. The molecule has 2 N–H and O–H groups in total. The molecule has 5 rings (SSSR count). The molecule has 0 aromatic heterocycles. The molecule has 2 saturated carbocycles. The lowest BCUT2D eigenvalue weighted by Crippen LogP contribution is -2.59. The molecule has 0 saturated heterocycles. The van der Waals surface area contributed by atoms with E-state index in [1.165, 1.54) is 11.8 Å². The highest BCUT2D eigenvalue weighted by Crippen LogP contribution is 2.40. The Morgan fingerprint density at radius 2 is 1.46 bits per heavy atom. The standard InChI is InChI=1S/C30H34F2N4O4S/c1-41-11-10-23(33-26(37)14-20-12-21(31)15-22(32)13-20)28(38)34-27-29(39)35(16-18-6-7-18)24-4-2-3-5-25(24)36(30(27)40)17-19-8-9-19/h2-5,12-13,15,18-19,23,27H,6-11,14,16-17H2,1H3,(H,33,37)(H,34,38)/t23-/m0/s1. The van der Waals surface area contributed by atoms with E-state index >= 15 is 0 Å². The van der Waals surface area contributed by atoms with E-state index < -0.39 is 47.3 Å². The van der Waals surface area contributed by atoms with Gasteiger partial charge in [-0.15, -0.1) is 0 Å². The monoisotopic (exact) mass is 584 g/mol. The Bertz CT molecular complexity index is 1260. The van der Waals surface area contributed by atoms with Gasteiger partial charge in [0.15, 0.2) is 6.04 Å². The topological polar surface area (TPSA) is 98.8 Å². The number of fused-ring (bicyclic) bond motifs is 1. The molecular weight excluding hydrogens is 550 g/mol. The molecule has 2 aromatic rings. The summed E-state index contributed by atoms with van der Waals surface area (Å²) in [7, 11) is 0. The normalized spacial score (nSPS) is 18.1. The minimum Gasteiger partial charge on any atom is -0.344 e. The van der Waals surface area contributed by atoms with Crippen molar-refractivity contribution in [1.29, 1.82) is 0 Å². The molecule has 3 aliphatic rings. The van der Waals surface area contributed by atoms with Gasteiger partial charge in [-0.3, -0.25) is 19.2 Å². The second-order valence-electron chi connectivity index (χ2n) is 11.1. The van der Waals surface area contributed by atoms with E-state index in [4.69, 9.17) is 0 Å². The lowest BCUT2D eigenvalue weighted by Gasteiger charge is -2.26. The third-order valence-corrected chi connectivity index (χ3v) is 8.24. The summed E-state index contributed by atoms with van der Waals surface area (Å²) in [6.45, 7) is 0.924. The Balaban J connectivity index is 1.37. The van der Waals surface area contributed by atoms with Crippen LogP contribution in [0.4, 0.5) is 20.2 Å². The molecule has 1 atom stereocenters. The van der Waals surface area contributed by atoms with Crippen LogP contribution >= 0.6 is 11.8 Å². The van der Waals surface area contributed by atoms with Gasteiger partial charge in [0.25, 0.3) is 11.8 Å². The highest BCUT2D eigenvalue weighted by molar-refractivity contribution is 7.98. The highest BCUT2D eigenvalue weighted by atomic mass is 32.2. The maximum Gasteiger partial charge on any atom is 0.259 e. The largest absolute Gasteiger partial charge is 0.344 e. The zero-order valence-electron chi connectivity index (χ0n) is 22.9. The summed E-state index contributed by atoms with van der Waals surface area (Å²) in [4.78, 5) is 57.5. The van der Waals surface area contributed by atoms with Crippen molar-refractivity contribution in [2.45, 2.75) is 50.6 Å². The van der Waals surface area contributed by atoms with Gasteiger partial charge in [0.1, 0.15) is 17.7 Å². The summed E-state index contributed by atoms with van der Waals surface area (Å²) in [6.07, 6.45) is 5.76. The third kappa shape index (κ3) is 7.25. The first kappa shape index (κ1) is 29.0. The van der Waals surface area contributed by atoms with Crippen molar-refractivity contribution in [2.24, 2.45) is 11.8 Å². The first-order valence-electron chi connectivity index (χ1n) is 14.0. The number of amides is 4. The first-order valence-corrected chi connectivity index (χ1v) is 15.4. The highest BCUT2D eigenvalue weighted by Gasteiger charge is 2.44. The molecule has 41 heavy (non-hydrogen) atoms. The van der Waals surface area contributed by atoms with Gasteiger partial charge in [-0.25, -0.2) is 8.78 Å². The maximum atomic E-state index is 13.9. The van der Waals surface area contributed by atoms with E-state index in [-0.39, 0.29) is 18.4 Å². The summed E-state index contributed by atoms with van der Waals surface area (Å²) in [5, 5.41) is 5.31. The number of carbonyl (C=O) groups is 4. The Hall–Kier alpha value is -3.47. The van der Waals surface area contributed by atoms with E-state index in [1.54, 1.807) is 9.80 Å². The third-order valence-electron chi connectivity index (χ3n) is 7.60. The van der Waals surface area contributed by atoms with Gasteiger partial charge < -0.3 is 20.4 Å². The van der Waals surface area contributed by atoms with Gasteiger partial charge in [0, 0.05) is 19.2 Å². The van der Waals surface area contributed by atoms with Crippen LogP contribution in [0.25, 0.3) is 0 Å². The van der Waals surface area contributed by atoms with Gasteiger partial charge in [0.2, 0.25) is 11.8 Å². The number of benzene rings is 2. The van der Waals surface area contributed by atoms with E-state index in [9.17, 15) is 28.0 Å². The molecule has 1 aliphatic heterocycles.